The molecule has 0 spiro atoms. The Bertz CT molecular complexity index is 790. The molecule has 1 aliphatic rings. The third-order valence-corrected chi connectivity index (χ3v) is 4.21. The summed E-state index contributed by atoms with van der Waals surface area (Å²) in [4.78, 5) is 25.6. The van der Waals surface area contributed by atoms with E-state index in [4.69, 9.17) is 14.2 Å². The van der Waals surface area contributed by atoms with Gasteiger partial charge in [-0.1, -0.05) is 30.3 Å². The van der Waals surface area contributed by atoms with Crippen molar-refractivity contribution in [2.24, 2.45) is 0 Å². The number of likely N-dealkylation sites (tertiary alicyclic amines) is 1. The van der Waals surface area contributed by atoms with Gasteiger partial charge in [0.25, 0.3) is 5.91 Å². The van der Waals surface area contributed by atoms with Gasteiger partial charge in [-0.25, -0.2) is 4.79 Å². The molecule has 1 aliphatic heterocycles. The Balaban J connectivity index is 1.79. The molecule has 26 heavy (non-hydrogen) atoms. The van der Waals surface area contributed by atoms with E-state index in [-0.39, 0.29) is 5.91 Å². The summed E-state index contributed by atoms with van der Waals surface area (Å²) in [7, 11) is 3.06. The number of nitrogens with zero attached hydrogens (tertiary/aromatic N) is 1. The fourth-order valence-electron chi connectivity index (χ4n) is 2.76. The van der Waals surface area contributed by atoms with Crippen molar-refractivity contribution in [3.63, 3.8) is 0 Å². The van der Waals surface area contributed by atoms with Crippen LogP contribution >= 0.6 is 0 Å². The lowest BCUT2D eigenvalue weighted by Crippen LogP contribution is -2.29. The highest BCUT2D eigenvalue weighted by Crippen LogP contribution is 2.27. The molecule has 6 nitrogen and oxygen atoms in total. The molecule has 2 aromatic rings. The first-order valence-electron chi connectivity index (χ1n) is 8.38. The summed E-state index contributed by atoms with van der Waals surface area (Å²) in [5.74, 6) is 0.324. The average molecular weight is 355 g/mol. The van der Waals surface area contributed by atoms with Gasteiger partial charge in [0.1, 0.15) is 18.1 Å². The van der Waals surface area contributed by atoms with Crippen molar-refractivity contribution in [3.05, 3.63) is 59.7 Å². The Morgan fingerprint density at radius 1 is 1.15 bits per heavy atom. The van der Waals surface area contributed by atoms with Crippen molar-refractivity contribution in [2.45, 2.75) is 19.1 Å². The van der Waals surface area contributed by atoms with E-state index < -0.39 is 12.1 Å². The maximum absolute atomic E-state index is 12.1. The summed E-state index contributed by atoms with van der Waals surface area (Å²) in [6, 6.07) is 14.5. The molecular formula is C20H21NO5. The van der Waals surface area contributed by atoms with Gasteiger partial charge >= 0.3 is 5.97 Å². The van der Waals surface area contributed by atoms with E-state index in [1.807, 2.05) is 30.3 Å². The third kappa shape index (κ3) is 4.14. The van der Waals surface area contributed by atoms with Crippen LogP contribution in [0.4, 0.5) is 0 Å². The molecule has 3 rings (SSSR count). The van der Waals surface area contributed by atoms with Gasteiger partial charge in [-0.3, -0.25) is 4.79 Å². The zero-order chi connectivity index (χ0) is 18.5. The second kappa shape index (κ2) is 7.91. The van der Waals surface area contributed by atoms with Crippen molar-refractivity contribution in [3.8, 4) is 11.5 Å². The molecule has 1 heterocycles. The highest BCUT2D eigenvalue weighted by Gasteiger charge is 2.31. The largest absolute Gasteiger partial charge is 0.489 e. The second-order valence-electron chi connectivity index (χ2n) is 6.11. The second-order valence-corrected chi connectivity index (χ2v) is 6.11. The van der Waals surface area contributed by atoms with E-state index in [0.717, 1.165) is 5.56 Å². The molecular weight excluding hydrogens is 334 g/mol. The maximum Gasteiger partial charge on any atom is 0.338 e. The smallest absolute Gasteiger partial charge is 0.338 e. The highest BCUT2D eigenvalue weighted by molar-refractivity contribution is 5.90. The van der Waals surface area contributed by atoms with Gasteiger partial charge in [-0.15, -0.1) is 0 Å². The lowest BCUT2D eigenvalue weighted by molar-refractivity contribution is -0.132. The van der Waals surface area contributed by atoms with E-state index in [1.54, 1.807) is 30.1 Å². The summed E-state index contributed by atoms with van der Waals surface area (Å²) in [5.41, 5.74) is 1.32. The minimum atomic E-state index is -0.546. The number of amides is 1. The van der Waals surface area contributed by atoms with Crippen molar-refractivity contribution in [2.75, 3.05) is 20.7 Å². The van der Waals surface area contributed by atoms with Crippen LogP contribution in [0, 0.1) is 0 Å². The molecule has 0 N–H and O–H groups in total. The first-order valence-corrected chi connectivity index (χ1v) is 8.38. The fraction of sp³-hybridized carbons (Fsp3) is 0.300. The number of hydrogen-bond donors (Lipinski definition) is 0. The van der Waals surface area contributed by atoms with Gasteiger partial charge in [0.15, 0.2) is 6.10 Å². The van der Waals surface area contributed by atoms with Gasteiger partial charge in [-0.2, -0.15) is 0 Å². The average Bonchev–Trinajstić information content (AvgIpc) is 2.98. The van der Waals surface area contributed by atoms with Gasteiger partial charge in [0.05, 0.1) is 12.7 Å². The first kappa shape index (κ1) is 17.8. The Hall–Kier alpha value is -3.02. The molecule has 0 aromatic heterocycles. The van der Waals surface area contributed by atoms with Gasteiger partial charge in [-0.05, 0) is 17.7 Å². The number of hydrogen-bond acceptors (Lipinski definition) is 5. The molecule has 1 amide bonds. The number of rotatable bonds is 6. The lowest BCUT2D eigenvalue weighted by Gasteiger charge is -2.15. The van der Waals surface area contributed by atoms with Crippen LogP contribution in [0.3, 0.4) is 0 Å². The monoisotopic (exact) mass is 355 g/mol. The summed E-state index contributed by atoms with van der Waals surface area (Å²) < 4.78 is 16.4. The zero-order valence-electron chi connectivity index (χ0n) is 14.8. The number of benzene rings is 2. The summed E-state index contributed by atoms with van der Waals surface area (Å²) in [5, 5.41) is 0. The van der Waals surface area contributed by atoms with E-state index >= 15 is 0 Å². The first-order chi connectivity index (χ1) is 12.6. The quantitative estimate of drug-likeness (QED) is 0.746. The standard InChI is InChI=1S/C20H21NO5/c1-21-9-8-18(19(21)22)26-17-11-15(20(23)24-2)10-16(12-17)25-13-14-6-4-3-5-7-14/h3-7,10-12,18H,8-9,13H2,1-2H3/t18-/m0/s1. The minimum Gasteiger partial charge on any atom is -0.489 e. The van der Waals surface area contributed by atoms with Crippen LogP contribution in [0.25, 0.3) is 0 Å². The SMILES string of the molecule is COC(=O)c1cc(OCc2ccccc2)cc(O[C@H]2CCN(C)C2=O)c1. The molecule has 1 atom stereocenters. The summed E-state index contributed by atoms with van der Waals surface area (Å²) in [6.07, 6.45) is 0.0627. The number of ether oxygens (including phenoxy) is 3. The topological polar surface area (TPSA) is 65.1 Å². The predicted molar refractivity (Wildman–Crippen MR) is 95.2 cm³/mol. The molecule has 0 aliphatic carbocycles. The summed E-state index contributed by atoms with van der Waals surface area (Å²) in [6.45, 7) is 1.01. The molecule has 0 unspecified atom stereocenters. The number of carbonyl (C=O) groups excluding carboxylic acids is 2. The molecule has 2 aromatic carbocycles. The van der Waals surface area contributed by atoms with Crippen molar-refractivity contribution >= 4 is 11.9 Å². The van der Waals surface area contributed by atoms with Crippen molar-refractivity contribution in [1.29, 1.82) is 0 Å². The Kier molecular flexibility index (Phi) is 5.41. The van der Waals surface area contributed by atoms with Crippen LogP contribution in [-0.4, -0.2) is 43.6 Å². The minimum absolute atomic E-state index is 0.0692. The predicted octanol–water partition coefficient (Wildman–Crippen LogP) is 2.66. The van der Waals surface area contributed by atoms with Crippen LogP contribution in [0.5, 0.6) is 11.5 Å². The Morgan fingerprint density at radius 2 is 1.88 bits per heavy atom. The molecule has 0 saturated carbocycles. The van der Waals surface area contributed by atoms with Gasteiger partial charge in [0, 0.05) is 26.1 Å². The van der Waals surface area contributed by atoms with Gasteiger partial charge < -0.3 is 19.1 Å². The normalized spacial score (nSPS) is 16.5. The van der Waals surface area contributed by atoms with Crippen LogP contribution in [-0.2, 0) is 16.1 Å². The molecule has 6 heteroatoms. The molecule has 0 bridgehead atoms. The van der Waals surface area contributed by atoms with Gasteiger partial charge in [0.2, 0.25) is 0 Å². The maximum atomic E-state index is 12.1. The van der Waals surface area contributed by atoms with Crippen molar-refractivity contribution < 1.29 is 23.8 Å². The number of esters is 1. The molecule has 136 valence electrons. The number of likely N-dealkylation sites (N-methyl/N-ethyl adjacent to an activating group) is 1. The van der Waals surface area contributed by atoms with Crippen LogP contribution in [0.2, 0.25) is 0 Å². The van der Waals surface area contributed by atoms with E-state index in [1.165, 1.54) is 7.11 Å². The Labute approximate surface area is 152 Å². The molecule has 0 radical (unpaired) electrons. The molecule has 1 saturated heterocycles. The van der Waals surface area contributed by atoms with E-state index in [2.05, 4.69) is 0 Å². The number of methoxy groups -OCH3 is 1. The fourth-order valence-corrected chi connectivity index (χ4v) is 2.76. The van der Waals surface area contributed by atoms with Crippen molar-refractivity contribution in [1.82, 2.24) is 4.90 Å². The van der Waals surface area contributed by atoms with E-state index in [0.29, 0.717) is 36.6 Å². The molecule has 1 fully saturated rings. The van der Waals surface area contributed by atoms with E-state index in [9.17, 15) is 9.59 Å². The van der Waals surface area contributed by atoms with Crippen LogP contribution in [0.15, 0.2) is 48.5 Å². The Morgan fingerprint density at radius 3 is 2.54 bits per heavy atom. The van der Waals surface area contributed by atoms with Crippen LogP contribution < -0.4 is 9.47 Å². The number of carbonyl (C=O) groups is 2. The lowest BCUT2D eigenvalue weighted by atomic mass is 10.2. The zero-order valence-corrected chi connectivity index (χ0v) is 14.8. The highest BCUT2D eigenvalue weighted by atomic mass is 16.5. The third-order valence-electron chi connectivity index (χ3n) is 4.21. The van der Waals surface area contributed by atoms with Crippen LogP contribution in [0.1, 0.15) is 22.3 Å². The summed E-state index contributed by atoms with van der Waals surface area (Å²) >= 11 is 0.